The van der Waals surface area contributed by atoms with Crippen LogP contribution in [0.4, 0.5) is 8.78 Å². The van der Waals surface area contributed by atoms with E-state index in [9.17, 15) is 18.7 Å². The topological polar surface area (TPSA) is 46.5 Å². The molecule has 5 heteroatoms. The van der Waals surface area contributed by atoms with E-state index in [1.807, 2.05) is 0 Å². The van der Waals surface area contributed by atoms with Gasteiger partial charge in [0.25, 0.3) is 0 Å². The van der Waals surface area contributed by atoms with E-state index in [1.165, 1.54) is 50.3 Å². The van der Waals surface area contributed by atoms with E-state index in [0.717, 1.165) is 38.5 Å². The number of halogens is 2. The number of allylic oxidation sites excluding steroid dienone is 1. The van der Waals surface area contributed by atoms with E-state index in [0.29, 0.717) is 29.9 Å². The fraction of sp³-hybridized carbons (Fsp3) is 0.516. The quantitative estimate of drug-likeness (QED) is 0.207. The second-order valence-electron chi connectivity index (χ2n) is 9.44. The molecule has 0 spiro atoms. The second-order valence-corrected chi connectivity index (χ2v) is 9.44. The fourth-order valence-electron chi connectivity index (χ4n) is 4.24. The predicted octanol–water partition coefficient (Wildman–Crippen LogP) is 10.1. The van der Waals surface area contributed by atoms with Crippen LogP contribution in [0.5, 0.6) is 5.75 Å². The summed E-state index contributed by atoms with van der Waals surface area (Å²) in [5.74, 6) is -2.11. The average Bonchev–Trinajstić information content (AvgIpc) is 2.89. The maximum Gasteiger partial charge on any atom is 0.336 e. The Morgan fingerprint density at radius 2 is 1.36 bits per heavy atom. The third kappa shape index (κ3) is 10.1. The molecule has 2 aromatic carbocycles. The largest absolute Gasteiger partial charge is 0.494 e. The van der Waals surface area contributed by atoms with E-state index in [2.05, 4.69) is 13.8 Å². The third-order valence-electron chi connectivity index (χ3n) is 6.42. The van der Waals surface area contributed by atoms with Crippen LogP contribution in [0.3, 0.4) is 0 Å². The van der Waals surface area contributed by atoms with Gasteiger partial charge < -0.3 is 9.84 Å². The first kappa shape index (κ1) is 29.5. The van der Waals surface area contributed by atoms with Crippen LogP contribution in [0.2, 0.25) is 0 Å². The maximum atomic E-state index is 14.8. The number of unbranched alkanes of at least 4 members (excludes halogenated alkanes) is 10. The maximum absolute atomic E-state index is 14.8. The normalized spacial score (nSPS) is 11.9. The molecule has 0 atom stereocenters. The molecule has 36 heavy (non-hydrogen) atoms. The molecule has 2 rings (SSSR count). The van der Waals surface area contributed by atoms with E-state index >= 15 is 0 Å². The van der Waals surface area contributed by atoms with Gasteiger partial charge in [-0.25, -0.2) is 13.6 Å². The Morgan fingerprint density at radius 1 is 0.778 bits per heavy atom. The highest BCUT2D eigenvalue weighted by Crippen LogP contribution is 2.32. The van der Waals surface area contributed by atoms with Crippen molar-refractivity contribution in [2.24, 2.45) is 0 Å². The Balaban J connectivity index is 2.03. The standard InChI is InChI=1S/C31H42F2O3/c1-3-5-7-9-10-12-14-22-36-26-19-16-24(17-20-26)28-23-25(18-21-27(28)31(34)35)30(33)29(32)15-13-11-8-6-4-2/h16-21,23H,3-15,22H2,1-2H3,(H,34,35)/b30-29+. The van der Waals surface area contributed by atoms with Crippen LogP contribution < -0.4 is 4.74 Å². The first-order valence-electron chi connectivity index (χ1n) is 13.6. The average molecular weight is 501 g/mol. The minimum atomic E-state index is -1.11. The van der Waals surface area contributed by atoms with Gasteiger partial charge in [0.2, 0.25) is 0 Å². The highest BCUT2D eigenvalue weighted by molar-refractivity contribution is 5.96. The number of hydrogen-bond acceptors (Lipinski definition) is 2. The summed E-state index contributed by atoms with van der Waals surface area (Å²) < 4.78 is 35.1. The number of hydrogen-bond donors (Lipinski definition) is 1. The summed E-state index contributed by atoms with van der Waals surface area (Å²) in [7, 11) is 0. The van der Waals surface area contributed by atoms with Crippen molar-refractivity contribution < 1.29 is 23.4 Å². The zero-order valence-electron chi connectivity index (χ0n) is 22.0. The van der Waals surface area contributed by atoms with Crippen molar-refractivity contribution in [2.45, 2.75) is 97.3 Å². The fourth-order valence-corrected chi connectivity index (χ4v) is 4.24. The molecule has 0 aromatic heterocycles. The van der Waals surface area contributed by atoms with Crippen LogP contribution in [-0.2, 0) is 0 Å². The van der Waals surface area contributed by atoms with Crippen LogP contribution in [-0.4, -0.2) is 17.7 Å². The van der Waals surface area contributed by atoms with Gasteiger partial charge >= 0.3 is 5.97 Å². The molecule has 198 valence electrons. The highest BCUT2D eigenvalue weighted by atomic mass is 19.2. The SMILES string of the molecule is CCCCCCCCCOc1ccc(-c2cc(/C(F)=C(\F)CCCCCCC)ccc2C(=O)O)cc1. The van der Waals surface area contributed by atoms with Gasteiger partial charge in [-0.1, -0.05) is 96.3 Å². The zero-order valence-corrected chi connectivity index (χ0v) is 22.0. The first-order valence-corrected chi connectivity index (χ1v) is 13.6. The van der Waals surface area contributed by atoms with Crippen molar-refractivity contribution >= 4 is 11.8 Å². The van der Waals surface area contributed by atoms with Crippen LogP contribution in [0.25, 0.3) is 17.0 Å². The van der Waals surface area contributed by atoms with Crippen molar-refractivity contribution in [3.05, 3.63) is 59.4 Å². The Kier molecular flexibility index (Phi) is 13.9. The molecule has 0 amide bonds. The Bertz CT molecular complexity index is 951. The lowest BCUT2D eigenvalue weighted by Gasteiger charge is -2.11. The van der Waals surface area contributed by atoms with Crippen molar-refractivity contribution in [3.63, 3.8) is 0 Å². The molecule has 0 radical (unpaired) electrons. The van der Waals surface area contributed by atoms with Crippen molar-refractivity contribution in [1.82, 2.24) is 0 Å². The number of carboxylic acid groups (broad SMARTS) is 1. The Labute approximate surface area is 215 Å². The van der Waals surface area contributed by atoms with Crippen LogP contribution in [0, 0.1) is 0 Å². The van der Waals surface area contributed by atoms with Gasteiger partial charge in [-0.2, -0.15) is 0 Å². The lowest BCUT2D eigenvalue weighted by Crippen LogP contribution is -2.01. The molecule has 0 unspecified atom stereocenters. The number of rotatable bonds is 18. The third-order valence-corrected chi connectivity index (χ3v) is 6.42. The number of carboxylic acids is 1. The number of aromatic carboxylic acids is 1. The number of carbonyl (C=O) groups is 1. The summed E-state index contributed by atoms with van der Waals surface area (Å²) >= 11 is 0. The van der Waals surface area contributed by atoms with Gasteiger partial charge in [0, 0.05) is 12.0 Å². The number of ether oxygens (including phenoxy) is 1. The predicted molar refractivity (Wildman–Crippen MR) is 145 cm³/mol. The Morgan fingerprint density at radius 3 is 1.97 bits per heavy atom. The molecule has 0 aliphatic carbocycles. The van der Waals surface area contributed by atoms with E-state index < -0.39 is 17.6 Å². The van der Waals surface area contributed by atoms with Crippen molar-refractivity contribution in [1.29, 1.82) is 0 Å². The molecule has 0 bridgehead atoms. The van der Waals surface area contributed by atoms with Gasteiger partial charge in [-0.15, -0.1) is 0 Å². The Hall–Kier alpha value is -2.69. The molecule has 0 aliphatic heterocycles. The summed E-state index contributed by atoms with van der Waals surface area (Å²) in [4.78, 5) is 11.8. The molecule has 0 saturated carbocycles. The van der Waals surface area contributed by atoms with Gasteiger partial charge in [0.05, 0.1) is 12.2 Å². The molecule has 2 aromatic rings. The molecule has 0 aliphatic rings. The van der Waals surface area contributed by atoms with Gasteiger partial charge in [-0.3, -0.25) is 0 Å². The number of benzene rings is 2. The van der Waals surface area contributed by atoms with E-state index in [4.69, 9.17) is 4.74 Å². The van der Waals surface area contributed by atoms with E-state index in [-0.39, 0.29) is 17.5 Å². The summed E-state index contributed by atoms with van der Waals surface area (Å²) in [5, 5.41) is 9.64. The summed E-state index contributed by atoms with van der Waals surface area (Å²) in [6.45, 7) is 4.96. The summed E-state index contributed by atoms with van der Waals surface area (Å²) in [6, 6.07) is 11.2. The summed E-state index contributed by atoms with van der Waals surface area (Å²) in [6.07, 6.45) is 13.2. The minimum absolute atomic E-state index is 0.0447. The van der Waals surface area contributed by atoms with Crippen LogP contribution in [0.1, 0.15) is 113 Å². The van der Waals surface area contributed by atoms with Crippen molar-refractivity contribution in [2.75, 3.05) is 6.61 Å². The zero-order chi connectivity index (χ0) is 26.2. The molecule has 3 nitrogen and oxygen atoms in total. The molecule has 0 heterocycles. The van der Waals surface area contributed by atoms with Gasteiger partial charge in [0.1, 0.15) is 11.6 Å². The molecule has 0 saturated heterocycles. The van der Waals surface area contributed by atoms with Crippen LogP contribution in [0.15, 0.2) is 48.3 Å². The lowest BCUT2D eigenvalue weighted by atomic mass is 9.96. The molecule has 1 N–H and O–H groups in total. The lowest BCUT2D eigenvalue weighted by molar-refractivity contribution is 0.0697. The highest BCUT2D eigenvalue weighted by Gasteiger charge is 2.16. The van der Waals surface area contributed by atoms with E-state index in [1.54, 1.807) is 24.3 Å². The van der Waals surface area contributed by atoms with Crippen molar-refractivity contribution in [3.8, 4) is 16.9 Å². The second kappa shape index (κ2) is 16.9. The molecule has 0 fully saturated rings. The van der Waals surface area contributed by atoms with Crippen LogP contribution >= 0.6 is 0 Å². The molecular formula is C31H42F2O3. The minimum Gasteiger partial charge on any atom is -0.494 e. The monoisotopic (exact) mass is 500 g/mol. The van der Waals surface area contributed by atoms with Gasteiger partial charge in [0.15, 0.2) is 5.83 Å². The summed E-state index contributed by atoms with van der Waals surface area (Å²) in [5.41, 5.74) is 1.07. The smallest absolute Gasteiger partial charge is 0.336 e. The van der Waals surface area contributed by atoms with Gasteiger partial charge in [-0.05, 0) is 48.2 Å². The first-order chi connectivity index (χ1) is 17.5. The molecular weight excluding hydrogens is 458 g/mol.